The van der Waals surface area contributed by atoms with Gasteiger partial charge in [0.1, 0.15) is 5.82 Å². The fourth-order valence-electron chi connectivity index (χ4n) is 2.11. The number of aromatic nitrogens is 2. The lowest BCUT2D eigenvalue weighted by Crippen LogP contribution is -2.23. The first-order valence-electron chi connectivity index (χ1n) is 6.87. The Hall–Kier alpha value is -1.13. The molecule has 2 rings (SSSR count). The highest BCUT2D eigenvalue weighted by molar-refractivity contribution is 7.13. The van der Waals surface area contributed by atoms with Crippen molar-refractivity contribution in [3.63, 3.8) is 0 Å². The molecular formula is C15H23N3S. The van der Waals surface area contributed by atoms with Gasteiger partial charge in [0.15, 0.2) is 0 Å². The summed E-state index contributed by atoms with van der Waals surface area (Å²) in [7, 11) is 0. The molecule has 3 nitrogen and oxygen atoms in total. The average Bonchev–Trinajstić information content (AvgIpc) is 3.05. The van der Waals surface area contributed by atoms with E-state index in [9.17, 15) is 0 Å². The molecule has 0 bridgehead atoms. The van der Waals surface area contributed by atoms with Crippen molar-refractivity contribution < 1.29 is 0 Å². The van der Waals surface area contributed by atoms with Gasteiger partial charge in [-0.25, -0.2) is 4.98 Å². The molecule has 0 aliphatic rings. The van der Waals surface area contributed by atoms with Crippen LogP contribution in [0.4, 0.5) is 0 Å². The van der Waals surface area contributed by atoms with Crippen molar-refractivity contribution in [2.75, 3.05) is 6.54 Å². The number of nitrogens with two attached hydrogens (primary N) is 1. The van der Waals surface area contributed by atoms with Gasteiger partial charge in [0.05, 0.1) is 4.88 Å². The molecule has 19 heavy (non-hydrogen) atoms. The van der Waals surface area contributed by atoms with Crippen LogP contribution in [0.2, 0.25) is 0 Å². The quantitative estimate of drug-likeness (QED) is 0.783. The zero-order valence-electron chi connectivity index (χ0n) is 11.8. The SMILES string of the molecule is CC(C)(CN)CCCCn1ccnc1-c1cccs1. The van der Waals surface area contributed by atoms with E-state index in [-0.39, 0.29) is 5.41 Å². The van der Waals surface area contributed by atoms with Crippen LogP contribution in [0.3, 0.4) is 0 Å². The van der Waals surface area contributed by atoms with E-state index >= 15 is 0 Å². The average molecular weight is 277 g/mol. The minimum atomic E-state index is 0.269. The van der Waals surface area contributed by atoms with Crippen LogP contribution in [-0.4, -0.2) is 16.1 Å². The molecule has 2 N–H and O–H groups in total. The van der Waals surface area contributed by atoms with Gasteiger partial charge in [-0.2, -0.15) is 0 Å². The third-order valence-electron chi connectivity index (χ3n) is 3.51. The molecule has 104 valence electrons. The van der Waals surface area contributed by atoms with Crippen LogP contribution < -0.4 is 5.73 Å². The molecule has 0 saturated heterocycles. The van der Waals surface area contributed by atoms with Gasteiger partial charge >= 0.3 is 0 Å². The van der Waals surface area contributed by atoms with Crippen molar-refractivity contribution in [3.05, 3.63) is 29.9 Å². The number of unbranched alkanes of at least 4 members (excludes halogenated alkanes) is 1. The van der Waals surface area contributed by atoms with Crippen LogP contribution in [0, 0.1) is 5.41 Å². The number of nitrogens with zero attached hydrogens (tertiary/aromatic N) is 2. The predicted molar refractivity (Wildman–Crippen MR) is 82.2 cm³/mol. The van der Waals surface area contributed by atoms with Crippen LogP contribution in [0.15, 0.2) is 29.9 Å². The molecule has 0 aromatic carbocycles. The maximum Gasteiger partial charge on any atom is 0.149 e. The fourth-order valence-corrected chi connectivity index (χ4v) is 2.84. The largest absolute Gasteiger partial charge is 0.330 e. The first-order chi connectivity index (χ1) is 9.12. The molecule has 0 radical (unpaired) electrons. The smallest absolute Gasteiger partial charge is 0.149 e. The van der Waals surface area contributed by atoms with Crippen molar-refractivity contribution in [2.45, 2.75) is 39.7 Å². The molecule has 0 spiro atoms. The van der Waals surface area contributed by atoms with Gasteiger partial charge in [-0.15, -0.1) is 11.3 Å². The standard InChI is InChI=1S/C15H23N3S/c1-15(2,12-16)7-3-4-9-18-10-8-17-14(18)13-6-5-11-19-13/h5-6,8,10-11H,3-4,7,9,12,16H2,1-2H3. The Labute approximate surface area is 119 Å². The zero-order chi connectivity index (χ0) is 13.7. The van der Waals surface area contributed by atoms with E-state index in [1.54, 1.807) is 11.3 Å². The molecular weight excluding hydrogens is 254 g/mol. The fraction of sp³-hybridized carbons (Fsp3) is 0.533. The summed E-state index contributed by atoms with van der Waals surface area (Å²) in [6.07, 6.45) is 7.54. The van der Waals surface area contributed by atoms with Gasteiger partial charge in [0.25, 0.3) is 0 Å². The minimum absolute atomic E-state index is 0.269. The van der Waals surface area contributed by atoms with Crippen molar-refractivity contribution in [3.8, 4) is 10.7 Å². The lowest BCUT2D eigenvalue weighted by molar-refractivity contribution is 0.329. The number of thiophene rings is 1. The highest BCUT2D eigenvalue weighted by Gasteiger charge is 2.14. The Balaban J connectivity index is 1.86. The summed E-state index contributed by atoms with van der Waals surface area (Å²) in [5.41, 5.74) is 6.03. The van der Waals surface area contributed by atoms with Crippen LogP contribution in [0.5, 0.6) is 0 Å². The van der Waals surface area contributed by atoms with Crippen molar-refractivity contribution in [1.29, 1.82) is 0 Å². The second-order valence-corrected chi connectivity index (χ2v) is 6.69. The third kappa shape index (κ3) is 3.91. The number of rotatable bonds is 7. The molecule has 0 unspecified atom stereocenters. The van der Waals surface area contributed by atoms with E-state index in [1.807, 2.05) is 6.20 Å². The Morgan fingerprint density at radius 3 is 2.89 bits per heavy atom. The van der Waals surface area contributed by atoms with E-state index in [0.29, 0.717) is 0 Å². The molecule has 0 saturated carbocycles. The second kappa shape index (κ2) is 6.35. The first kappa shape index (κ1) is 14.3. The van der Waals surface area contributed by atoms with E-state index in [1.165, 1.54) is 24.1 Å². The topological polar surface area (TPSA) is 43.8 Å². The first-order valence-corrected chi connectivity index (χ1v) is 7.75. The minimum Gasteiger partial charge on any atom is -0.330 e. The molecule has 0 amide bonds. The van der Waals surface area contributed by atoms with Crippen molar-refractivity contribution in [1.82, 2.24) is 9.55 Å². The highest BCUT2D eigenvalue weighted by atomic mass is 32.1. The van der Waals surface area contributed by atoms with Gasteiger partial charge in [-0.3, -0.25) is 0 Å². The summed E-state index contributed by atoms with van der Waals surface area (Å²) < 4.78 is 2.25. The van der Waals surface area contributed by atoms with Crippen molar-refractivity contribution >= 4 is 11.3 Å². The van der Waals surface area contributed by atoms with Gasteiger partial charge in [0.2, 0.25) is 0 Å². The summed E-state index contributed by atoms with van der Waals surface area (Å²) in [6, 6.07) is 4.20. The number of hydrogen-bond donors (Lipinski definition) is 1. The number of hydrogen-bond acceptors (Lipinski definition) is 3. The molecule has 4 heteroatoms. The van der Waals surface area contributed by atoms with Crippen molar-refractivity contribution in [2.24, 2.45) is 11.1 Å². The molecule has 0 atom stereocenters. The Morgan fingerprint density at radius 1 is 1.37 bits per heavy atom. The van der Waals surface area contributed by atoms with Gasteiger partial charge in [-0.05, 0) is 36.2 Å². The van der Waals surface area contributed by atoms with Crippen LogP contribution in [0.25, 0.3) is 10.7 Å². The molecule has 0 aliphatic heterocycles. The summed E-state index contributed by atoms with van der Waals surface area (Å²) >= 11 is 1.74. The molecule has 2 heterocycles. The molecule has 0 fully saturated rings. The Bertz CT molecular complexity index is 485. The zero-order valence-corrected chi connectivity index (χ0v) is 12.6. The van der Waals surface area contributed by atoms with Crippen LogP contribution in [-0.2, 0) is 6.54 Å². The summed E-state index contributed by atoms with van der Waals surface area (Å²) in [6.45, 7) is 6.27. The molecule has 2 aromatic rings. The summed E-state index contributed by atoms with van der Waals surface area (Å²) in [5.74, 6) is 1.09. The number of aryl methyl sites for hydroxylation is 1. The van der Waals surface area contributed by atoms with E-state index < -0.39 is 0 Å². The van der Waals surface area contributed by atoms with E-state index in [0.717, 1.165) is 18.9 Å². The molecule has 0 aliphatic carbocycles. The Morgan fingerprint density at radius 2 is 2.21 bits per heavy atom. The monoisotopic (exact) mass is 277 g/mol. The second-order valence-electron chi connectivity index (χ2n) is 5.75. The molecule has 2 aromatic heterocycles. The van der Waals surface area contributed by atoms with Gasteiger partial charge in [0, 0.05) is 18.9 Å². The normalized spacial score (nSPS) is 11.9. The lowest BCUT2D eigenvalue weighted by atomic mass is 9.87. The van der Waals surface area contributed by atoms with E-state index in [4.69, 9.17) is 5.73 Å². The maximum absolute atomic E-state index is 5.76. The van der Waals surface area contributed by atoms with Crippen LogP contribution >= 0.6 is 11.3 Å². The van der Waals surface area contributed by atoms with Crippen LogP contribution in [0.1, 0.15) is 33.1 Å². The summed E-state index contributed by atoms with van der Waals surface area (Å²) in [5, 5.41) is 2.10. The maximum atomic E-state index is 5.76. The van der Waals surface area contributed by atoms with E-state index in [2.05, 4.69) is 47.1 Å². The highest BCUT2D eigenvalue weighted by Crippen LogP contribution is 2.24. The lowest BCUT2D eigenvalue weighted by Gasteiger charge is -2.21. The summed E-state index contributed by atoms with van der Waals surface area (Å²) in [4.78, 5) is 5.70. The Kier molecular flexibility index (Phi) is 4.77. The third-order valence-corrected chi connectivity index (χ3v) is 4.38. The predicted octanol–water partition coefficient (Wildman–Crippen LogP) is 3.77. The number of imidazole rings is 1. The van der Waals surface area contributed by atoms with Gasteiger partial charge in [-0.1, -0.05) is 26.3 Å². The van der Waals surface area contributed by atoms with Gasteiger partial charge < -0.3 is 10.3 Å².